The SMILES string of the molecule is CC(C)(C)OC(=O)CCOCCCN1CCCC1. The largest absolute Gasteiger partial charge is 0.460 e. The van der Waals surface area contributed by atoms with Crippen molar-refractivity contribution >= 4 is 5.97 Å². The van der Waals surface area contributed by atoms with Crippen LogP contribution in [0, 0.1) is 0 Å². The van der Waals surface area contributed by atoms with Crippen molar-refractivity contribution < 1.29 is 14.3 Å². The number of rotatable bonds is 7. The summed E-state index contributed by atoms with van der Waals surface area (Å²) in [6.45, 7) is 10.4. The molecule has 0 radical (unpaired) electrons. The molecular formula is C14H27NO3. The first kappa shape index (κ1) is 15.4. The number of esters is 1. The third kappa shape index (κ3) is 7.67. The average molecular weight is 257 g/mol. The van der Waals surface area contributed by atoms with Gasteiger partial charge in [-0.2, -0.15) is 0 Å². The Bertz CT molecular complexity index is 242. The number of ether oxygens (including phenoxy) is 2. The van der Waals surface area contributed by atoms with Crippen LogP contribution < -0.4 is 0 Å². The zero-order valence-electron chi connectivity index (χ0n) is 12.0. The van der Waals surface area contributed by atoms with Gasteiger partial charge in [-0.15, -0.1) is 0 Å². The van der Waals surface area contributed by atoms with Crippen molar-refractivity contribution in [1.29, 1.82) is 0 Å². The van der Waals surface area contributed by atoms with Crippen LogP contribution in [0.15, 0.2) is 0 Å². The van der Waals surface area contributed by atoms with Crippen molar-refractivity contribution in [2.24, 2.45) is 0 Å². The van der Waals surface area contributed by atoms with E-state index in [2.05, 4.69) is 4.90 Å². The lowest BCUT2D eigenvalue weighted by Gasteiger charge is -2.19. The van der Waals surface area contributed by atoms with Gasteiger partial charge in [-0.1, -0.05) is 0 Å². The third-order valence-corrected chi connectivity index (χ3v) is 2.83. The predicted octanol–water partition coefficient (Wildman–Crippen LogP) is 2.22. The minimum Gasteiger partial charge on any atom is -0.460 e. The molecule has 0 aromatic rings. The molecule has 1 fully saturated rings. The third-order valence-electron chi connectivity index (χ3n) is 2.83. The smallest absolute Gasteiger partial charge is 0.308 e. The Labute approximate surface area is 111 Å². The van der Waals surface area contributed by atoms with Gasteiger partial charge in [0, 0.05) is 13.2 Å². The van der Waals surface area contributed by atoms with Crippen LogP contribution in [-0.4, -0.2) is 49.3 Å². The fourth-order valence-corrected chi connectivity index (χ4v) is 2.05. The van der Waals surface area contributed by atoms with Gasteiger partial charge >= 0.3 is 5.97 Å². The first-order chi connectivity index (χ1) is 8.47. The molecular weight excluding hydrogens is 230 g/mol. The van der Waals surface area contributed by atoms with Crippen LogP contribution in [0.3, 0.4) is 0 Å². The minimum absolute atomic E-state index is 0.179. The van der Waals surface area contributed by atoms with Crippen LogP contribution in [-0.2, 0) is 14.3 Å². The summed E-state index contributed by atoms with van der Waals surface area (Å²) >= 11 is 0. The van der Waals surface area contributed by atoms with Gasteiger partial charge in [0.1, 0.15) is 5.60 Å². The summed E-state index contributed by atoms with van der Waals surface area (Å²) in [6, 6.07) is 0. The number of hydrogen-bond acceptors (Lipinski definition) is 4. The van der Waals surface area contributed by atoms with Crippen LogP contribution in [0.1, 0.15) is 46.5 Å². The first-order valence-electron chi connectivity index (χ1n) is 6.99. The summed E-state index contributed by atoms with van der Waals surface area (Å²) in [5, 5.41) is 0. The number of nitrogens with zero attached hydrogens (tertiary/aromatic N) is 1. The monoisotopic (exact) mass is 257 g/mol. The maximum absolute atomic E-state index is 11.4. The molecule has 106 valence electrons. The molecule has 0 atom stereocenters. The summed E-state index contributed by atoms with van der Waals surface area (Å²) < 4.78 is 10.6. The Morgan fingerprint density at radius 1 is 1.17 bits per heavy atom. The fraction of sp³-hybridized carbons (Fsp3) is 0.929. The summed E-state index contributed by atoms with van der Waals surface area (Å²) in [5.41, 5.74) is -0.396. The van der Waals surface area contributed by atoms with Gasteiger partial charge in [0.15, 0.2) is 0 Å². The molecule has 0 N–H and O–H groups in total. The van der Waals surface area contributed by atoms with Crippen LogP contribution in [0.25, 0.3) is 0 Å². The zero-order chi connectivity index (χ0) is 13.4. The molecule has 0 aliphatic carbocycles. The molecule has 4 nitrogen and oxygen atoms in total. The molecule has 0 bridgehead atoms. The summed E-state index contributed by atoms with van der Waals surface area (Å²) in [5.74, 6) is -0.179. The molecule has 1 rings (SSSR count). The van der Waals surface area contributed by atoms with Crippen molar-refractivity contribution in [2.75, 3.05) is 32.8 Å². The van der Waals surface area contributed by atoms with Crippen molar-refractivity contribution in [3.05, 3.63) is 0 Å². The van der Waals surface area contributed by atoms with Gasteiger partial charge in [0.25, 0.3) is 0 Å². The Hall–Kier alpha value is -0.610. The number of hydrogen-bond donors (Lipinski definition) is 0. The maximum atomic E-state index is 11.4. The van der Waals surface area contributed by atoms with Crippen LogP contribution in [0.5, 0.6) is 0 Å². The highest BCUT2D eigenvalue weighted by Crippen LogP contribution is 2.09. The molecule has 0 saturated carbocycles. The highest BCUT2D eigenvalue weighted by atomic mass is 16.6. The van der Waals surface area contributed by atoms with E-state index in [1.54, 1.807) is 0 Å². The highest BCUT2D eigenvalue weighted by molar-refractivity contribution is 5.69. The van der Waals surface area contributed by atoms with E-state index in [4.69, 9.17) is 9.47 Å². The molecule has 1 heterocycles. The first-order valence-corrected chi connectivity index (χ1v) is 6.99. The molecule has 1 saturated heterocycles. The van der Waals surface area contributed by atoms with Crippen molar-refractivity contribution in [2.45, 2.75) is 52.1 Å². The van der Waals surface area contributed by atoms with Crippen LogP contribution in [0.4, 0.5) is 0 Å². The molecule has 0 amide bonds. The minimum atomic E-state index is -0.396. The lowest BCUT2D eigenvalue weighted by molar-refractivity contribution is -0.156. The van der Waals surface area contributed by atoms with E-state index in [-0.39, 0.29) is 5.97 Å². The summed E-state index contributed by atoms with van der Waals surface area (Å²) in [6.07, 6.45) is 4.06. The van der Waals surface area contributed by atoms with Crippen molar-refractivity contribution in [3.8, 4) is 0 Å². The average Bonchev–Trinajstić information content (AvgIpc) is 2.73. The Balaban J connectivity index is 1.90. The predicted molar refractivity (Wildman–Crippen MR) is 71.6 cm³/mol. The van der Waals surface area contributed by atoms with E-state index in [1.165, 1.54) is 25.9 Å². The number of carbonyl (C=O) groups is 1. The molecule has 4 heteroatoms. The Morgan fingerprint density at radius 2 is 1.83 bits per heavy atom. The maximum Gasteiger partial charge on any atom is 0.308 e. The topological polar surface area (TPSA) is 38.8 Å². The quantitative estimate of drug-likeness (QED) is 0.518. The second kappa shape index (κ2) is 7.74. The van der Waals surface area contributed by atoms with E-state index in [1.807, 2.05) is 20.8 Å². The van der Waals surface area contributed by atoms with E-state index in [9.17, 15) is 4.79 Å². The molecule has 0 spiro atoms. The fourth-order valence-electron chi connectivity index (χ4n) is 2.05. The standard InChI is InChI=1S/C14H27NO3/c1-14(2,3)18-13(16)7-12-17-11-6-10-15-8-4-5-9-15/h4-12H2,1-3H3. The van der Waals surface area contributed by atoms with Gasteiger partial charge in [0.2, 0.25) is 0 Å². The normalized spacial score (nSPS) is 17.1. The van der Waals surface area contributed by atoms with E-state index >= 15 is 0 Å². The molecule has 0 aromatic carbocycles. The van der Waals surface area contributed by atoms with Gasteiger partial charge in [-0.05, 0) is 53.1 Å². The Kier molecular flexibility index (Phi) is 6.65. The number of likely N-dealkylation sites (tertiary alicyclic amines) is 1. The van der Waals surface area contributed by atoms with Crippen molar-refractivity contribution in [1.82, 2.24) is 4.90 Å². The second-order valence-corrected chi connectivity index (χ2v) is 5.85. The Morgan fingerprint density at radius 3 is 2.44 bits per heavy atom. The zero-order valence-corrected chi connectivity index (χ0v) is 12.0. The van der Waals surface area contributed by atoms with Gasteiger partial charge in [-0.3, -0.25) is 4.79 Å². The van der Waals surface area contributed by atoms with Crippen LogP contribution in [0.2, 0.25) is 0 Å². The second-order valence-electron chi connectivity index (χ2n) is 5.85. The summed E-state index contributed by atoms with van der Waals surface area (Å²) in [4.78, 5) is 13.9. The molecule has 0 unspecified atom stereocenters. The lowest BCUT2D eigenvalue weighted by atomic mass is 10.2. The molecule has 1 aliphatic rings. The molecule has 0 aromatic heterocycles. The number of carbonyl (C=O) groups excluding carboxylic acids is 1. The molecule has 1 aliphatic heterocycles. The lowest BCUT2D eigenvalue weighted by Crippen LogP contribution is -2.24. The van der Waals surface area contributed by atoms with Crippen molar-refractivity contribution in [3.63, 3.8) is 0 Å². The van der Waals surface area contributed by atoms with E-state index < -0.39 is 5.60 Å². The summed E-state index contributed by atoms with van der Waals surface area (Å²) in [7, 11) is 0. The van der Waals surface area contributed by atoms with Gasteiger partial charge < -0.3 is 14.4 Å². The van der Waals surface area contributed by atoms with E-state index in [0.29, 0.717) is 13.0 Å². The van der Waals surface area contributed by atoms with Gasteiger partial charge in [-0.25, -0.2) is 0 Å². The molecule has 18 heavy (non-hydrogen) atoms. The highest BCUT2D eigenvalue weighted by Gasteiger charge is 2.15. The van der Waals surface area contributed by atoms with E-state index in [0.717, 1.165) is 19.6 Å². The van der Waals surface area contributed by atoms with Crippen LogP contribution >= 0.6 is 0 Å². The van der Waals surface area contributed by atoms with Gasteiger partial charge in [0.05, 0.1) is 13.0 Å².